The molecule has 0 aliphatic carbocycles. The number of hydrogen-bond acceptors (Lipinski definition) is 2. The number of rotatable bonds is 5. The minimum atomic E-state index is 0.116. The highest BCUT2D eigenvalue weighted by Crippen LogP contribution is 2.27. The molecule has 0 spiro atoms. The molecule has 116 valence electrons. The zero-order chi connectivity index (χ0) is 16.1. The topological polar surface area (TPSA) is 21.3 Å². The first-order chi connectivity index (χ1) is 11.3. The number of hydrogen-bond donors (Lipinski definition) is 1. The van der Waals surface area contributed by atoms with Gasteiger partial charge in [-0.05, 0) is 42.3 Å². The summed E-state index contributed by atoms with van der Waals surface area (Å²) in [6, 6.07) is 27.3. The Labute approximate surface area is 137 Å². The molecule has 3 rings (SSSR count). The Morgan fingerprint density at radius 3 is 1.96 bits per heavy atom. The van der Waals surface area contributed by atoms with Crippen molar-refractivity contribution in [2.24, 2.45) is 0 Å². The summed E-state index contributed by atoms with van der Waals surface area (Å²) in [4.78, 5) is 0. The molecule has 0 bridgehead atoms. The Bertz CT molecular complexity index is 733. The van der Waals surface area contributed by atoms with Crippen molar-refractivity contribution >= 4 is 5.69 Å². The number of nitrogens with one attached hydrogen (secondary N) is 1. The van der Waals surface area contributed by atoms with Gasteiger partial charge >= 0.3 is 0 Å². The minimum absolute atomic E-state index is 0.116. The molecule has 0 aromatic heterocycles. The second kappa shape index (κ2) is 7.01. The first-order valence-corrected chi connectivity index (χ1v) is 7.78. The maximum Gasteiger partial charge on any atom is 0.119 e. The van der Waals surface area contributed by atoms with Crippen molar-refractivity contribution in [3.05, 3.63) is 95.6 Å². The molecule has 0 fully saturated rings. The van der Waals surface area contributed by atoms with Crippen LogP contribution in [-0.2, 0) is 0 Å². The minimum Gasteiger partial charge on any atom is -0.497 e. The van der Waals surface area contributed by atoms with Crippen LogP contribution in [0.15, 0.2) is 78.9 Å². The third-order valence-electron chi connectivity index (χ3n) is 3.94. The van der Waals surface area contributed by atoms with Gasteiger partial charge < -0.3 is 10.1 Å². The third kappa shape index (κ3) is 3.72. The average Bonchev–Trinajstić information content (AvgIpc) is 2.62. The van der Waals surface area contributed by atoms with Crippen molar-refractivity contribution in [1.29, 1.82) is 0 Å². The van der Waals surface area contributed by atoms with E-state index in [9.17, 15) is 0 Å². The quantitative estimate of drug-likeness (QED) is 0.699. The smallest absolute Gasteiger partial charge is 0.119 e. The summed E-state index contributed by atoms with van der Waals surface area (Å²) in [7, 11) is 1.68. The largest absolute Gasteiger partial charge is 0.497 e. The third-order valence-corrected chi connectivity index (χ3v) is 3.94. The first-order valence-electron chi connectivity index (χ1n) is 7.78. The van der Waals surface area contributed by atoms with Crippen LogP contribution in [0, 0.1) is 6.92 Å². The number of methoxy groups -OCH3 is 1. The molecule has 0 saturated carbocycles. The van der Waals surface area contributed by atoms with Crippen molar-refractivity contribution in [2.75, 3.05) is 12.4 Å². The summed E-state index contributed by atoms with van der Waals surface area (Å²) in [6.07, 6.45) is 0. The normalized spacial score (nSPS) is 11.7. The lowest BCUT2D eigenvalue weighted by atomic mass is 9.97. The molecule has 3 aromatic carbocycles. The van der Waals surface area contributed by atoms with Crippen molar-refractivity contribution < 1.29 is 4.74 Å². The molecule has 1 unspecified atom stereocenters. The summed E-state index contributed by atoms with van der Waals surface area (Å²) in [5, 5.41) is 3.63. The van der Waals surface area contributed by atoms with Gasteiger partial charge in [-0.3, -0.25) is 0 Å². The van der Waals surface area contributed by atoms with Gasteiger partial charge in [-0.25, -0.2) is 0 Å². The summed E-state index contributed by atoms with van der Waals surface area (Å²) < 4.78 is 5.23. The van der Waals surface area contributed by atoms with Gasteiger partial charge in [-0.1, -0.05) is 60.2 Å². The number of ether oxygens (including phenoxy) is 1. The van der Waals surface area contributed by atoms with Gasteiger partial charge in [0.1, 0.15) is 5.75 Å². The zero-order valence-electron chi connectivity index (χ0n) is 13.5. The van der Waals surface area contributed by atoms with Gasteiger partial charge in [-0.2, -0.15) is 0 Å². The van der Waals surface area contributed by atoms with E-state index in [1.165, 1.54) is 16.7 Å². The Hall–Kier alpha value is -2.74. The molecule has 2 nitrogen and oxygen atoms in total. The molecule has 1 N–H and O–H groups in total. The van der Waals surface area contributed by atoms with E-state index in [2.05, 4.69) is 60.8 Å². The zero-order valence-corrected chi connectivity index (χ0v) is 13.5. The lowest BCUT2D eigenvalue weighted by molar-refractivity contribution is 0.415. The predicted octanol–water partition coefficient (Wildman–Crippen LogP) is 5.21. The van der Waals surface area contributed by atoms with E-state index in [1.807, 2.05) is 30.3 Å². The first kappa shape index (κ1) is 15.2. The van der Waals surface area contributed by atoms with Gasteiger partial charge in [0.25, 0.3) is 0 Å². The van der Waals surface area contributed by atoms with E-state index < -0.39 is 0 Å². The predicted molar refractivity (Wildman–Crippen MR) is 96.1 cm³/mol. The van der Waals surface area contributed by atoms with Crippen LogP contribution in [0.25, 0.3) is 0 Å². The number of anilines is 1. The highest BCUT2D eigenvalue weighted by molar-refractivity contribution is 5.51. The van der Waals surface area contributed by atoms with Gasteiger partial charge in [0.2, 0.25) is 0 Å². The maximum absolute atomic E-state index is 5.23. The van der Waals surface area contributed by atoms with E-state index in [0.29, 0.717) is 0 Å². The number of benzene rings is 3. The van der Waals surface area contributed by atoms with Crippen LogP contribution in [0.5, 0.6) is 5.75 Å². The molecular weight excluding hydrogens is 282 g/mol. The lowest BCUT2D eigenvalue weighted by Crippen LogP contribution is -2.12. The van der Waals surface area contributed by atoms with E-state index in [0.717, 1.165) is 11.4 Å². The number of aryl methyl sites for hydroxylation is 1. The molecular formula is C21H21NO. The highest BCUT2D eigenvalue weighted by atomic mass is 16.5. The molecule has 23 heavy (non-hydrogen) atoms. The van der Waals surface area contributed by atoms with E-state index in [1.54, 1.807) is 7.11 Å². The Morgan fingerprint density at radius 1 is 0.739 bits per heavy atom. The molecule has 3 aromatic rings. The summed E-state index contributed by atoms with van der Waals surface area (Å²) in [5.74, 6) is 0.863. The Morgan fingerprint density at radius 2 is 1.35 bits per heavy atom. The fourth-order valence-electron chi connectivity index (χ4n) is 2.62. The van der Waals surface area contributed by atoms with Crippen LogP contribution in [0.4, 0.5) is 5.69 Å². The summed E-state index contributed by atoms with van der Waals surface area (Å²) in [6.45, 7) is 2.11. The molecule has 0 aliphatic rings. The maximum atomic E-state index is 5.23. The van der Waals surface area contributed by atoms with Gasteiger partial charge in [0.15, 0.2) is 0 Å². The van der Waals surface area contributed by atoms with Crippen LogP contribution in [0.2, 0.25) is 0 Å². The standard InChI is InChI=1S/C21H21NO/c1-16-8-10-18(11-9-16)21(17-6-4-3-5-7-17)22-19-12-14-20(23-2)15-13-19/h3-15,21-22H,1-2H3. The lowest BCUT2D eigenvalue weighted by Gasteiger charge is -2.21. The second-order valence-corrected chi connectivity index (χ2v) is 5.63. The van der Waals surface area contributed by atoms with Crippen LogP contribution < -0.4 is 10.1 Å². The average molecular weight is 303 g/mol. The van der Waals surface area contributed by atoms with Crippen LogP contribution in [0.3, 0.4) is 0 Å². The molecule has 1 atom stereocenters. The highest BCUT2D eigenvalue weighted by Gasteiger charge is 2.13. The Balaban J connectivity index is 1.93. The summed E-state index contributed by atoms with van der Waals surface area (Å²) in [5.41, 5.74) is 4.83. The summed E-state index contributed by atoms with van der Waals surface area (Å²) >= 11 is 0. The van der Waals surface area contributed by atoms with Crippen molar-refractivity contribution in [1.82, 2.24) is 0 Å². The Kier molecular flexibility index (Phi) is 4.62. The molecule has 0 amide bonds. The van der Waals surface area contributed by atoms with E-state index in [4.69, 9.17) is 4.74 Å². The van der Waals surface area contributed by atoms with Crippen LogP contribution in [-0.4, -0.2) is 7.11 Å². The molecule has 0 saturated heterocycles. The second-order valence-electron chi connectivity index (χ2n) is 5.63. The van der Waals surface area contributed by atoms with Crippen molar-refractivity contribution in [2.45, 2.75) is 13.0 Å². The monoisotopic (exact) mass is 303 g/mol. The van der Waals surface area contributed by atoms with Gasteiger partial charge in [0, 0.05) is 5.69 Å². The molecule has 2 heteroatoms. The van der Waals surface area contributed by atoms with Crippen LogP contribution in [0.1, 0.15) is 22.7 Å². The van der Waals surface area contributed by atoms with Crippen LogP contribution >= 0.6 is 0 Å². The van der Waals surface area contributed by atoms with E-state index >= 15 is 0 Å². The molecule has 0 aliphatic heterocycles. The molecule has 0 heterocycles. The fourth-order valence-corrected chi connectivity index (χ4v) is 2.62. The fraction of sp³-hybridized carbons (Fsp3) is 0.143. The van der Waals surface area contributed by atoms with Crippen molar-refractivity contribution in [3.8, 4) is 5.75 Å². The van der Waals surface area contributed by atoms with Crippen molar-refractivity contribution in [3.63, 3.8) is 0 Å². The molecule has 0 radical (unpaired) electrons. The van der Waals surface area contributed by atoms with E-state index in [-0.39, 0.29) is 6.04 Å². The van der Waals surface area contributed by atoms with Gasteiger partial charge in [0.05, 0.1) is 13.2 Å². The SMILES string of the molecule is COc1ccc(NC(c2ccccc2)c2ccc(C)cc2)cc1. The van der Waals surface area contributed by atoms with Gasteiger partial charge in [-0.15, -0.1) is 0 Å².